The number of amides is 1. The van der Waals surface area contributed by atoms with E-state index in [1.165, 1.54) is 12.1 Å². The molecule has 0 unspecified atom stereocenters. The molecule has 6 heteroatoms. The molecule has 1 amide bonds. The lowest BCUT2D eigenvalue weighted by Crippen LogP contribution is -2.29. The number of nitrogens with zero attached hydrogens (tertiary/aromatic N) is 1. The molecule has 0 atom stereocenters. The van der Waals surface area contributed by atoms with Gasteiger partial charge in [0.25, 0.3) is 5.91 Å². The Balaban J connectivity index is 1.77. The standard InChI is InChI=1S/C14H15FN4O/c15-12-4-2-1-3-11(12)14(20)18-8-7-17-10-5-6-13(16)19-9-10/h1-6,9,17H,7-8H2,(H2,16,19)(H,18,20). The minimum atomic E-state index is -0.527. The lowest BCUT2D eigenvalue weighted by Gasteiger charge is -2.08. The average molecular weight is 274 g/mol. The zero-order valence-corrected chi connectivity index (χ0v) is 10.8. The molecule has 1 heterocycles. The van der Waals surface area contributed by atoms with Gasteiger partial charge >= 0.3 is 0 Å². The van der Waals surface area contributed by atoms with E-state index in [4.69, 9.17) is 5.73 Å². The summed E-state index contributed by atoms with van der Waals surface area (Å²) in [5, 5.41) is 5.70. The normalized spacial score (nSPS) is 10.1. The number of nitrogens with two attached hydrogens (primary N) is 1. The predicted octanol–water partition coefficient (Wildman–Crippen LogP) is 1.64. The van der Waals surface area contributed by atoms with Crippen LogP contribution in [0.4, 0.5) is 15.9 Å². The Bertz CT molecular complexity index is 586. The number of rotatable bonds is 5. The van der Waals surface area contributed by atoms with Gasteiger partial charge in [-0.15, -0.1) is 0 Å². The molecule has 0 aliphatic carbocycles. The van der Waals surface area contributed by atoms with Crippen molar-refractivity contribution in [3.05, 3.63) is 54.0 Å². The zero-order valence-electron chi connectivity index (χ0n) is 10.8. The van der Waals surface area contributed by atoms with Crippen LogP contribution >= 0.6 is 0 Å². The van der Waals surface area contributed by atoms with E-state index >= 15 is 0 Å². The zero-order chi connectivity index (χ0) is 14.4. The maximum absolute atomic E-state index is 13.4. The van der Waals surface area contributed by atoms with Gasteiger partial charge in [-0.2, -0.15) is 0 Å². The molecule has 5 nitrogen and oxygen atoms in total. The number of carbonyl (C=O) groups excluding carboxylic acids is 1. The van der Waals surface area contributed by atoms with Crippen molar-refractivity contribution in [2.75, 3.05) is 24.1 Å². The second-order valence-corrected chi connectivity index (χ2v) is 4.13. The minimum absolute atomic E-state index is 0.0432. The molecular weight excluding hydrogens is 259 g/mol. The Kier molecular flexibility index (Phi) is 4.49. The number of benzene rings is 1. The van der Waals surface area contributed by atoms with Gasteiger partial charge in [-0.05, 0) is 24.3 Å². The fourth-order valence-electron chi connectivity index (χ4n) is 1.63. The summed E-state index contributed by atoms with van der Waals surface area (Å²) in [4.78, 5) is 15.6. The van der Waals surface area contributed by atoms with Gasteiger partial charge in [0.15, 0.2) is 0 Å². The van der Waals surface area contributed by atoms with E-state index in [2.05, 4.69) is 15.6 Å². The summed E-state index contributed by atoms with van der Waals surface area (Å²) in [6.07, 6.45) is 1.61. The number of nitrogens with one attached hydrogen (secondary N) is 2. The van der Waals surface area contributed by atoms with E-state index in [1.807, 2.05) is 0 Å². The Morgan fingerprint density at radius 3 is 2.70 bits per heavy atom. The molecule has 4 N–H and O–H groups in total. The molecule has 20 heavy (non-hydrogen) atoms. The number of nitrogen functional groups attached to an aromatic ring is 1. The number of aromatic nitrogens is 1. The van der Waals surface area contributed by atoms with Crippen molar-refractivity contribution in [3.8, 4) is 0 Å². The van der Waals surface area contributed by atoms with Gasteiger partial charge in [0.1, 0.15) is 11.6 Å². The predicted molar refractivity (Wildman–Crippen MR) is 75.9 cm³/mol. The molecule has 1 aromatic carbocycles. The summed E-state index contributed by atoms with van der Waals surface area (Å²) in [6.45, 7) is 0.878. The quantitative estimate of drug-likeness (QED) is 0.724. The van der Waals surface area contributed by atoms with Gasteiger partial charge in [-0.25, -0.2) is 9.37 Å². The van der Waals surface area contributed by atoms with E-state index in [1.54, 1.807) is 30.5 Å². The maximum Gasteiger partial charge on any atom is 0.254 e. The van der Waals surface area contributed by atoms with Crippen LogP contribution in [0, 0.1) is 5.82 Å². The Hall–Kier alpha value is -2.63. The van der Waals surface area contributed by atoms with Crippen molar-refractivity contribution in [2.45, 2.75) is 0 Å². The molecule has 104 valence electrons. The largest absolute Gasteiger partial charge is 0.384 e. The van der Waals surface area contributed by atoms with Gasteiger partial charge < -0.3 is 16.4 Å². The fraction of sp³-hybridized carbons (Fsp3) is 0.143. The average Bonchev–Trinajstić information content (AvgIpc) is 2.46. The van der Waals surface area contributed by atoms with Crippen LogP contribution in [-0.2, 0) is 0 Å². The first-order chi connectivity index (χ1) is 9.66. The topological polar surface area (TPSA) is 80.0 Å². The van der Waals surface area contributed by atoms with E-state index in [0.29, 0.717) is 18.9 Å². The smallest absolute Gasteiger partial charge is 0.254 e. The third kappa shape index (κ3) is 3.68. The third-order valence-corrected chi connectivity index (χ3v) is 2.64. The van der Waals surface area contributed by atoms with Gasteiger partial charge in [0.05, 0.1) is 17.4 Å². The van der Waals surface area contributed by atoms with Gasteiger partial charge in [-0.1, -0.05) is 12.1 Å². The molecule has 0 saturated carbocycles. The van der Waals surface area contributed by atoms with Crippen LogP contribution < -0.4 is 16.4 Å². The lowest BCUT2D eigenvalue weighted by atomic mass is 10.2. The second-order valence-electron chi connectivity index (χ2n) is 4.13. The fourth-order valence-corrected chi connectivity index (χ4v) is 1.63. The highest BCUT2D eigenvalue weighted by Gasteiger charge is 2.09. The first kappa shape index (κ1) is 13.8. The monoisotopic (exact) mass is 274 g/mol. The summed E-state index contributed by atoms with van der Waals surface area (Å²) >= 11 is 0. The van der Waals surface area contributed by atoms with Crippen molar-refractivity contribution >= 4 is 17.4 Å². The van der Waals surface area contributed by atoms with Crippen molar-refractivity contribution in [3.63, 3.8) is 0 Å². The van der Waals surface area contributed by atoms with Crippen molar-refractivity contribution in [1.82, 2.24) is 10.3 Å². The highest BCUT2D eigenvalue weighted by atomic mass is 19.1. The Morgan fingerprint density at radius 2 is 2.00 bits per heavy atom. The molecule has 2 rings (SSSR count). The van der Waals surface area contributed by atoms with Crippen LogP contribution in [-0.4, -0.2) is 24.0 Å². The molecule has 2 aromatic rings. The molecule has 0 radical (unpaired) electrons. The molecule has 0 spiro atoms. The first-order valence-corrected chi connectivity index (χ1v) is 6.15. The first-order valence-electron chi connectivity index (χ1n) is 6.15. The highest BCUT2D eigenvalue weighted by Crippen LogP contribution is 2.07. The van der Waals surface area contributed by atoms with E-state index in [9.17, 15) is 9.18 Å². The van der Waals surface area contributed by atoms with Gasteiger partial charge in [0.2, 0.25) is 0 Å². The summed E-state index contributed by atoms with van der Waals surface area (Å²) < 4.78 is 13.4. The molecular formula is C14H15FN4O. The van der Waals surface area contributed by atoms with Crippen molar-refractivity contribution in [2.24, 2.45) is 0 Å². The molecule has 1 aromatic heterocycles. The SMILES string of the molecule is Nc1ccc(NCCNC(=O)c2ccccc2F)cn1. The highest BCUT2D eigenvalue weighted by molar-refractivity contribution is 5.94. The van der Waals surface area contributed by atoms with E-state index < -0.39 is 11.7 Å². The van der Waals surface area contributed by atoms with Crippen LogP contribution in [0.5, 0.6) is 0 Å². The number of anilines is 2. The summed E-state index contributed by atoms with van der Waals surface area (Å²) in [6, 6.07) is 9.34. The number of hydrogen-bond acceptors (Lipinski definition) is 4. The van der Waals surface area contributed by atoms with Crippen LogP contribution in [0.3, 0.4) is 0 Å². The second kappa shape index (κ2) is 6.51. The Labute approximate surface area is 116 Å². The molecule has 0 fully saturated rings. The third-order valence-electron chi connectivity index (χ3n) is 2.64. The van der Waals surface area contributed by atoms with E-state index in [0.717, 1.165) is 5.69 Å². The number of pyridine rings is 1. The number of halogens is 1. The summed E-state index contributed by atoms with van der Waals surface area (Å²) in [7, 11) is 0. The van der Waals surface area contributed by atoms with Crippen LogP contribution in [0.25, 0.3) is 0 Å². The summed E-state index contributed by atoms with van der Waals surface area (Å²) in [5.74, 6) is -0.510. The summed E-state index contributed by atoms with van der Waals surface area (Å²) in [5.41, 5.74) is 6.32. The molecule has 0 saturated heterocycles. The van der Waals surface area contributed by atoms with Crippen LogP contribution in [0.2, 0.25) is 0 Å². The number of carbonyl (C=O) groups is 1. The maximum atomic E-state index is 13.4. The van der Waals surface area contributed by atoms with Crippen molar-refractivity contribution in [1.29, 1.82) is 0 Å². The molecule has 0 aliphatic heterocycles. The van der Waals surface area contributed by atoms with Gasteiger partial charge in [-0.3, -0.25) is 4.79 Å². The Morgan fingerprint density at radius 1 is 1.20 bits per heavy atom. The van der Waals surface area contributed by atoms with Crippen molar-refractivity contribution < 1.29 is 9.18 Å². The lowest BCUT2D eigenvalue weighted by molar-refractivity contribution is 0.0951. The van der Waals surface area contributed by atoms with Gasteiger partial charge in [0, 0.05) is 13.1 Å². The number of hydrogen-bond donors (Lipinski definition) is 3. The van der Waals surface area contributed by atoms with Crippen LogP contribution in [0.15, 0.2) is 42.6 Å². The van der Waals surface area contributed by atoms with Crippen LogP contribution in [0.1, 0.15) is 10.4 Å². The molecule has 0 aliphatic rings. The minimum Gasteiger partial charge on any atom is -0.384 e. The van der Waals surface area contributed by atoms with E-state index in [-0.39, 0.29) is 5.56 Å². The molecule has 0 bridgehead atoms.